The van der Waals surface area contributed by atoms with Crippen LogP contribution in [0.15, 0.2) is 30.0 Å². The normalized spacial score (nSPS) is 10.5. The minimum atomic E-state index is -0.700. The van der Waals surface area contributed by atoms with E-state index < -0.39 is 11.9 Å². The summed E-state index contributed by atoms with van der Waals surface area (Å²) in [5.41, 5.74) is 1.66. The molecule has 0 aliphatic heterocycles. The zero-order chi connectivity index (χ0) is 15.8. The van der Waals surface area contributed by atoms with Gasteiger partial charge in [0.2, 0.25) is 0 Å². The van der Waals surface area contributed by atoms with E-state index in [1.807, 2.05) is 6.92 Å². The molecule has 6 heteroatoms. The van der Waals surface area contributed by atoms with Gasteiger partial charge in [-0.15, -0.1) is 0 Å². The Bertz CT molecular complexity index is 615. The maximum atomic E-state index is 11.5. The average Bonchev–Trinajstić information content (AvgIpc) is 2.49. The number of rotatable bonds is 5. The Morgan fingerprint density at radius 1 is 1.43 bits per heavy atom. The van der Waals surface area contributed by atoms with Crippen LogP contribution in [0.3, 0.4) is 0 Å². The Hall–Kier alpha value is -2.81. The van der Waals surface area contributed by atoms with E-state index >= 15 is 0 Å². The summed E-state index contributed by atoms with van der Waals surface area (Å²) in [6.45, 7) is 3.67. The van der Waals surface area contributed by atoms with Crippen molar-refractivity contribution < 1.29 is 19.1 Å². The molecule has 1 N–H and O–H groups in total. The number of benzene rings is 1. The van der Waals surface area contributed by atoms with Gasteiger partial charge >= 0.3 is 11.9 Å². The van der Waals surface area contributed by atoms with Crippen molar-refractivity contribution in [3.05, 3.63) is 41.1 Å². The van der Waals surface area contributed by atoms with Gasteiger partial charge in [-0.2, -0.15) is 5.26 Å². The summed E-state index contributed by atoms with van der Waals surface area (Å²) in [7, 11) is 1.30. The lowest BCUT2D eigenvalue weighted by Crippen LogP contribution is -2.08. The third-order valence-electron chi connectivity index (χ3n) is 2.65. The van der Waals surface area contributed by atoms with Crippen LogP contribution in [0.5, 0.6) is 0 Å². The van der Waals surface area contributed by atoms with Crippen molar-refractivity contribution in [1.29, 1.82) is 5.26 Å². The first kappa shape index (κ1) is 16.2. The summed E-state index contributed by atoms with van der Waals surface area (Å²) in [6, 6.07) is 6.71. The van der Waals surface area contributed by atoms with Gasteiger partial charge in [0.15, 0.2) is 5.57 Å². The van der Waals surface area contributed by atoms with E-state index in [1.54, 1.807) is 31.2 Å². The number of hydrogen-bond donors (Lipinski definition) is 1. The zero-order valence-corrected chi connectivity index (χ0v) is 12.1. The van der Waals surface area contributed by atoms with Gasteiger partial charge in [0, 0.05) is 11.9 Å². The quantitative estimate of drug-likeness (QED) is 0.507. The second kappa shape index (κ2) is 7.70. The SMILES string of the molecule is CCOC(=O)/C(C#N)=C/Nc1cc(C(=O)OC)ccc1C. The zero-order valence-electron chi connectivity index (χ0n) is 12.1. The van der Waals surface area contributed by atoms with Crippen LogP contribution in [0.25, 0.3) is 0 Å². The van der Waals surface area contributed by atoms with Gasteiger partial charge in [-0.3, -0.25) is 0 Å². The van der Waals surface area contributed by atoms with Crippen LogP contribution in [0.1, 0.15) is 22.8 Å². The number of ether oxygens (including phenoxy) is 2. The summed E-state index contributed by atoms with van der Waals surface area (Å²) in [6.07, 6.45) is 1.25. The third kappa shape index (κ3) is 4.35. The van der Waals surface area contributed by atoms with Gasteiger partial charge in [-0.1, -0.05) is 6.07 Å². The Kier molecular flexibility index (Phi) is 5.96. The number of hydrogen-bond acceptors (Lipinski definition) is 6. The number of nitriles is 1. The number of carbonyl (C=O) groups is 2. The highest BCUT2D eigenvalue weighted by Gasteiger charge is 2.11. The summed E-state index contributed by atoms with van der Waals surface area (Å²) in [4.78, 5) is 22.9. The molecule has 0 amide bonds. The first-order chi connectivity index (χ1) is 10.0. The molecule has 0 aromatic heterocycles. The van der Waals surface area contributed by atoms with Gasteiger partial charge in [-0.25, -0.2) is 9.59 Å². The third-order valence-corrected chi connectivity index (χ3v) is 2.65. The van der Waals surface area contributed by atoms with Crippen LogP contribution in [-0.2, 0) is 14.3 Å². The lowest BCUT2D eigenvalue weighted by Gasteiger charge is -2.08. The minimum absolute atomic E-state index is 0.153. The van der Waals surface area contributed by atoms with Gasteiger partial charge in [0.1, 0.15) is 6.07 Å². The van der Waals surface area contributed by atoms with Crippen molar-refractivity contribution in [1.82, 2.24) is 0 Å². The number of anilines is 1. The highest BCUT2D eigenvalue weighted by Crippen LogP contribution is 2.18. The van der Waals surface area contributed by atoms with E-state index in [2.05, 4.69) is 10.1 Å². The summed E-state index contributed by atoms with van der Waals surface area (Å²) in [5, 5.41) is 11.7. The molecule has 0 radical (unpaired) electrons. The number of esters is 2. The topological polar surface area (TPSA) is 88.4 Å². The maximum absolute atomic E-state index is 11.5. The second-order valence-corrected chi connectivity index (χ2v) is 4.06. The predicted molar refractivity (Wildman–Crippen MR) is 76.5 cm³/mol. The van der Waals surface area contributed by atoms with E-state index in [4.69, 9.17) is 10.00 Å². The molecule has 110 valence electrons. The largest absolute Gasteiger partial charge is 0.465 e. The molecule has 0 unspecified atom stereocenters. The smallest absolute Gasteiger partial charge is 0.350 e. The van der Waals surface area contributed by atoms with E-state index in [-0.39, 0.29) is 12.2 Å². The van der Waals surface area contributed by atoms with E-state index in [0.29, 0.717) is 11.3 Å². The standard InChI is InChI=1S/C15H16N2O4/c1-4-21-15(19)12(8-16)9-17-13-7-11(14(18)20-3)6-5-10(13)2/h5-7,9,17H,4H2,1-3H3/b12-9+. The summed E-state index contributed by atoms with van der Waals surface area (Å²) in [5.74, 6) is -1.16. The van der Waals surface area contributed by atoms with Crippen molar-refractivity contribution in [3.8, 4) is 6.07 Å². The van der Waals surface area contributed by atoms with Gasteiger partial charge < -0.3 is 14.8 Å². The molecule has 0 fully saturated rings. The monoisotopic (exact) mass is 288 g/mol. The van der Waals surface area contributed by atoms with E-state index in [0.717, 1.165) is 5.56 Å². The molecular formula is C15H16N2O4. The molecule has 0 atom stereocenters. The number of nitrogens with one attached hydrogen (secondary N) is 1. The van der Waals surface area contributed by atoms with Crippen LogP contribution >= 0.6 is 0 Å². The number of methoxy groups -OCH3 is 1. The average molecular weight is 288 g/mol. The Morgan fingerprint density at radius 2 is 2.14 bits per heavy atom. The second-order valence-electron chi connectivity index (χ2n) is 4.06. The van der Waals surface area contributed by atoms with Crippen LogP contribution in [0.4, 0.5) is 5.69 Å². The molecule has 21 heavy (non-hydrogen) atoms. The number of nitrogens with zero attached hydrogens (tertiary/aromatic N) is 1. The van der Waals surface area contributed by atoms with Crippen molar-refractivity contribution in [2.24, 2.45) is 0 Å². The fraction of sp³-hybridized carbons (Fsp3) is 0.267. The Balaban J connectivity index is 2.99. The molecular weight excluding hydrogens is 272 g/mol. The highest BCUT2D eigenvalue weighted by molar-refractivity contribution is 5.93. The molecule has 0 aliphatic carbocycles. The first-order valence-electron chi connectivity index (χ1n) is 6.26. The Labute approximate surface area is 123 Å². The maximum Gasteiger partial charge on any atom is 0.350 e. The van der Waals surface area contributed by atoms with Crippen molar-refractivity contribution in [2.75, 3.05) is 19.0 Å². The molecule has 1 rings (SSSR count). The van der Waals surface area contributed by atoms with Crippen LogP contribution < -0.4 is 5.32 Å². The van der Waals surface area contributed by atoms with Crippen molar-refractivity contribution in [2.45, 2.75) is 13.8 Å². The molecule has 0 bridgehead atoms. The van der Waals surface area contributed by atoms with Gasteiger partial charge in [0.05, 0.1) is 19.3 Å². The molecule has 0 aliphatic rings. The number of aryl methyl sites for hydroxylation is 1. The van der Waals surface area contributed by atoms with E-state index in [1.165, 1.54) is 13.3 Å². The van der Waals surface area contributed by atoms with E-state index in [9.17, 15) is 9.59 Å². The summed E-state index contributed by atoms with van der Waals surface area (Å²) < 4.78 is 9.39. The molecule has 1 aromatic rings. The Morgan fingerprint density at radius 3 is 2.71 bits per heavy atom. The van der Waals surface area contributed by atoms with Crippen molar-refractivity contribution >= 4 is 17.6 Å². The lowest BCUT2D eigenvalue weighted by molar-refractivity contribution is -0.138. The predicted octanol–water partition coefficient (Wildman–Crippen LogP) is 2.16. The molecule has 6 nitrogen and oxygen atoms in total. The molecule has 1 aromatic carbocycles. The number of carbonyl (C=O) groups excluding carboxylic acids is 2. The first-order valence-corrected chi connectivity index (χ1v) is 6.26. The molecule has 0 saturated carbocycles. The van der Waals surface area contributed by atoms with Crippen LogP contribution in [0.2, 0.25) is 0 Å². The lowest BCUT2D eigenvalue weighted by atomic mass is 10.1. The van der Waals surface area contributed by atoms with Gasteiger partial charge in [-0.05, 0) is 31.5 Å². The minimum Gasteiger partial charge on any atom is -0.465 e. The van der Waals surface area contributed by atoms with Crippen molar-refractivity contribution in [3.63, 3.8) is 0 Å². The summed E-state index contributed by atoms with van der Waals surface area (Å²) >= 11 is 0. The fourth-order valence-corrected chi connectivity index (χ4v) is 1.52. The highest BCUT2D eigenvalue weighted by atomic mass is 16.5. The molecule has 0 heterocycles. The fourth-order valence-electron chi connectivity index (χ4n) is 1.52. The van der Waals surface area contributed by atoms with Crippen LogP contribution in [0, 0.1) is 18.3 Å². The molecule has 0 saturated heterocycles. The van der Waals surface area contributed by atoms with Gasteiger partial charge in [0.25, 0.3) is 0 Å². The van der Waals surface area contributed by atoms with Crippen LogP contribution in [-0.4, -0.2) is 25.7 Å². The molecule has 0 spiro atoms.